The van der Waals surface area contributed by atoms with Gasteiger partial charge in [-0.25, -0.2) is 0 Å². The lowest BCUT2D eigenvalue weighted by atomic mass is 10.1. The fraction of sp³-hybridized carbons (Fsp3) is 0.118. The quantitative estimate of drug-likeness (QED) is 0.783. The Balaban J connectivity index is 2.08. The molecule has 0 bridgehead atoms. The summed E-state index contributed by atoms with van der Waals surface area (Å²) >= 11 is 0. The van der Waals surface area contributed by atoms with Gasteiger partial charge in [-0.2, -0.15) is 0 Å². The maximum Gasteiger partial charge on any atom is 0.210 e. The van der Waals surface area contributed by atoms with Gasteiger partial charge in [0.15, 0.2) is 0 Å². The Hall–Kier alpha value is -2.53. The number of benzene rings is 2. The maximum absolute atomic E-state index is 11.8. The number of carbonyl (C=O) groups excluding carboxylic acids is 1. The second-order valence-corrected chi connectivity index (χ2v) is 4.03. The highest BCUT2D eigenvalue weighted by Crippen LogP contribution is 2.17. The Labute approximate surface area is 113 Å². The molecule has 2 heteroatoms. The first-order valence-electron chi connectivity index (χ1n) is 6.01. The van der Waals surface area contributed by atoms with Crippen molar-refractivity contribution in [2.24, 2.45) is 0 Å². The molecule has 0 atom stereocenters. The van der Waals surface area contributed by atoms with E-state index in [2.05, 4.69) is 11.8 Å². The largest absolute Gasteiger partial charge is 0.496 e. The Kier molecular flexibility index (Phi) is 4.36. The Morgan fingerprint density at radius 2 is 1.74 bits per heavy atom. The van der Waals surface area contributed by atoms with Gasteiger partial charge in [-0.1, -0.05) is 42.3 Å². The number of rotatable bonds is 3. The van der Waals surface area contributed by atoms with Crippen molar-refractivity contribution in [3.63, 3.8) is 0 Å². The monoisotopic (exact) mass is 250 g/mol. The molecule has 0 spiro atoms. The SMILES string of the molecule is COc1ccccc1CC(=O)C#Cc1ccccc1. The fourth-order valence-electron chi connectivity index (χ4n) is 1.73. The van der Waals surface area contributed by atoms with Crippen molar-refractivity contribution in [1.82, 2.24) is 0 Å². The molecule has 94 valence electrons. The molecule has 0 unspecified atom stereocenters. The number of hydrogen-bond donors (Lipinski definition) is 0. The third-order valence-corrected chi connectivity index (χ3v) is 2.66. The van der Waals surface area contributed by atoms with E-state index in [4.69, 9.17) is 4.74 Å². The predicted molar refractivity (Wildman–Crippen MR) is 75.0 cm³/mol. The first-order valence-corrected chi connectivity index (χ1v) is 6.01. The zero-order valence-electron chi connectivity index (χ0n) is 10.7. The number of carbonyl (C=O) groups is 1. The summed E-state index contributed by atoms with van der Waals surface area (Å²) in [5.74, 6) is 6.12. The highest BCUT2D eigenvalue weighted by atomic mass is 16.5. The number of hydrogen-bond acceptors (Lipinski definition) is 2. The molecule has 2 aromatic carbocycles. The lowest BCUT2D eigenvalue weighted by Crippen LogP contribution is -2.01. The molecule has 0 radical (unpaired) electrons. The number of ketones is 1. The molecule has 0 amide bonds. The highest BCUT2D eigenvalue weighted by molar-refractivity contribution is 5.97. The van der Waals surface area contributed by atoms with Crippen molar-refractivity contribution in [1.29, 1.82) is 0 Å². The van der Waals surface area contributed by atoms with Crippen LogP contribution in [0.25, 0.3) is 0 Å². The van der Waals surface area contributed by atoms with Crippen molar-refractivity contribution in [3.8, 4) is 17.6 Å². The number of Topliss-reactive ketones (excluding diaryl/α,β-unsaturated/α-hetero) is 1. The van der Waals surface area contributed by atoms with Gasteiger partial charge >= 0.3 is 0 Å². The minimum absolute atomic E-state index is 0.117. The van der Waals surface area contributed by atoms with Gasteiger partial charge < -0.3 is 4.74 Å². The highest BCUT2D eigenvalue weighted by Gasteiger charge is 2.05. The third kappa shape index (κ3) is 3.72. The van der Waals surface area contributed by atoms with Crippen molar-refractivity contribution in [2.45, 2.75) is 6.42 Å². The average molecular weight is 250 g/mol. The van der Waals surface area contributed by atoms with Gasteiger partial charge in [-0.3, -0.25) is 4.79 Å². The lowest BCUT2D eigenvalue weighted by molar-refractivity contribution is -0.113. The Morgan fingerprint density at radius 1 is 1.05 bits per heavy atom. The van der Waals surface area contributed by atoms with Crippen LogP contribution in [-0.2, 0) is 11.2 Å². The number of para-hydroxylation sites is 1. The average Bonchev–Trinajstić information content (AvgIpc) is 2.47. The lowest BCUT2D eigenvalue weighted by Gasteiger charge is -2.04. The van der Waals surface area contributed by atoms with Gasteiger partial charge in [0.05, 0.1) is 7.11 Å². The molecule has 0 aliphatic heterocycles. The second-order valence-electron chi connectivity index (χ2n) is 4.03. The van der Waals surface area contributed by atoms with Crippen LogP contribution < -0.4 is 4.74 Å². The van der Waals surface area contributed by atoms with Crippen molar-refractivity contribution in [2.75, 3.05) is 7.11 Å². The van der Waals surface area contributed by atoms with E-state index in [1.54, 1.807) is 7.11 Å². The first kappa shape index (κ1) is 12.9. The molecule has 0 aliphatic rings. The van der Waals surface area contributed by atoms with Crippen LogP contribution in [0.1, 0.15) is 11.1 Å². The second kappa shape index (κ2) is 6.42. The van der Waals surface area contributed by atoms with E-state index in [0.29, 0.717) is 0 Å². The van der Waals surface area contributed by atoms with E-state index < -0.39 is 0 Å². The summed E-state index contributed by atoms with van der Waals surface area (Å²) in [6, 6.07) is 16.9. The smallest absolute Gasteiger partial charge is 0.210 e. The Bertz CT molecular complexity index is 618. The molecule has 2 aromatic rings. The van der Waals surface area contributed by atoms with E-state index in [1.165, 1.54) is 0 Å². The fourth-order valence-corrected chi connectivity index (χ4v) is 1.73. The summed E-state index contributed by atoms with van der Waals surface area (Å²) < 4.78 is 5.21. The summed E-state index contributed by atoms with van der Waals surface area (Å²) in [5, 5.41) is 0. The summed E-state index contributed by atoms with van der Waals surface area (Å²) in [6.07, 6.45) is 0.268. The van der Waals surface area contributed by atoms with Crippen LogP contribution in [0, 0.1) is 11.8 Å². The first-order chi connectivity index (χ1) is 9.29. The van der Waals surface area contributed by atoms with Crippen LogP contribution >= 0.6 is 0 Å². The summed E-state index contributed by atoms with van der Waals surface area (Å²) in [7, 11) is 1.60. The predicted octanol–water partition coefficient (Wildman–Crippen LogP) is 2.86. The Morgan fingerprint density at radius 3 is 2.47 bits per heavy atom. The molecule has 0 heterocycles. The zero-order valence-corrected chi connectivity index (χ0v) is 10.7. The summed E-state index contributed by atoms with van der Waals surface area (Å²) in [4.78, 5) is 11.8. The van der Waals surface area contributed by atoms with Gasteiger partial charge in [0.25, 0.3) is 0 Å². The molecule has 0 saturated heterocycles. The van der Waals surface area contributed by atoms with Gasteiger partial charge in [-0.15, -0.1) is 0 Å². The number of ether oxygens (including phenoxy) is 1. The standard InChI is InChI=1S/C17H14O2/c1-19-17-10-6-5-9-15(17)13-16(18)12-11-14-7-3-2-4-8-14/h2-10H,13H2,1H3. The molecule has 0 aliphatic carbocycles. The van der Waals surface area contributed by atoms with Crippen LogP contribution in [0.5, 0.6) is 5.75 Å². The van der Waals surface area contributed by atoms with Gasteiger partial charge in [-0.05, 0) is 24.1 Å². The molecule has 0 aromatic heterocycles. The normalized spacial score (nSPS) is 9.32. The van der Waals surface area contributed by atoms with Gasteiger partial charge in [0, 0.05) is 17.5 Å². The van der Waals surface area contributed by atoms with E-state index in [1.807, 2.05) is 54.6 Å². The van der Waals surface area contributed by atoms with Crippen LogP contribution in [0.4, 0.5) is 0 Å². The van der Waals surface area contributed by atoms with E-state index >= 15 is 0 Å². The van der Waals surface area contributed by atoms with Crippen LogP contribution in [0.15, 0.2) is 54.6 Å². The molecule has 0 fully saturated rings. The van der Waals surface area contributed by atoms with Gasteiger partial charge in [0.2, 0.25) is 5.78 Å². The van der Waals surface area contributed by atoms with Crippen LogP contribution in [0.2, 0.25) is 0 Å². The topological polar surface area (TPSA) is 26.3 Å². The van der Waals surface area contributed by atoms with E-state index in [9.17, 15) is 4.79 Å². The van der Waals surface area contributed by atoms with Crippen molar-refractivity contribution >= 4 is 5.78 Å². The minimum Gasteiger partial charge on any atom is -0.496 e. The molecule has 19 heavy (non-hydrogen) atoms. The molecule has 0 saturated carbocycles. The molecule has 2 nitrogen and oxygen atoms in total. The van der Waals surface area contributed by atoms with Crippen molar-refractivity contribution in [3.05, 3.63) is 65.7 Å². The summed E-state index contributed by atoms with van der Waals surface area (Å²) in [5.41, 5.74) is 1.70. The van der Waals surface area contributed by atoms with Gasteiger partial charge in [0.1, 0.15) is 5.75 Å². The third-order valence-electron chi connectivity index (χ3n) is 2.66. The minimum atomic E-state index is -0.117. The van der Waals surface area contributed by atoms with Crippen LogP contribution in [0.3, 0.4) is 0 Å². The molecular weight excluding hydrogens is 236 g/mol. The summed E-state index contributed by atoms with van der Waals surface area (Å²) in [6.45, 7) is 0. The van der Waals surface area contributed by atoms with E-state index in [-0.39, 0.29) is 12.2 Å². The van der Waals surface area contributed by atoms with Crippen molar-refractivity contribution < 1.29 is 9.53 Å². The molecular formula is C17H14O2. The maximum atomic E-state index is 11.8. The zero-order chi connectivity index (χ0) is 13.5. The number of methoxy groups -OCH3 is 1. The van der Waals surface area contributed by atoms with Crippen LogP contribution in [-0.4, -0.2) is 12.9 Å². The molecule has 0 N–H and O–H groups in total. The van der Waals surface area contributed by atoms with E-state index in [0.717, 1.165) is 16.9 Å². The molecule has 2 rings (SSSR count).